The number of carbonyl (C=O) groups is 5. The van der Waals surface area contributed by atoms with Crippen LogP contribution >= 0.6 is 11.8 Å². The van der Waals surface area contributed by atoms with Crippen molar-refractivity contribution in [3.05, 3.63) is 60.1 Å². The Morgan fingerprint density at radius 1 is 1.15 bits per heavy atom. The highest BCUT2D eigenvalue weighted by Gasteiger charge is 2.64. The van der Waals surface area contributed by atoms with Gasteiger partial charge in [-0.25, -0.2) is 24.3 Å². The van der Waals surface area contributed by atoms with Gasteiger partial charge in [0.15, 0.2) is 0 Å². The zero-order chi connectivity index (χ0) is 27.9. The van der Waals surface area contributed by atoms with Crippen LogP contribution < -0.4 is 10.6 Å². The minimum Gasteiger partial charge on any atom is -0.480 e. The van der Waals surface area contributed by atoms with Gasteiger partial charge in [0.2, 0.25) is 11.8 Å². The Morgan fingerprint density at radius 2 is 1.90 bits per heavy atom. The third kappa shape index (κ3) is 4.82. The number of nitrogens with one attached hydrogen (secondary N) is 2. The number of aliphatic carboxylic acids is 1. The van der Waals surface area contributed by atoms with E-state index in [0.29, 0.717) is 11.3 Å². The van der Waals surface area contributed by atoms with Gasteiger partial charge >= 0.3 is 18.0 Å². The van der Waals surface area contributed by atoms with E-state index >= 15 is 0 Å². The van der Waals surface area contributed by atoms with Crippen molar-refractivity contribution in [2.45, 2.75) is 42.1 Å². The van der Waals surface area contributed by atoms with Crippen LogP contribution in [0.1, 0.15) is 31.2 Å². The molecule has 2 aromatic rings. The second kappa shape index (κ2) is 10.1. The summed E-state index contributed by atoms with van der Waals surface area (Å²) in [5, 5.41) is 19.5. The Balaban J connectivity index is 1.28. The number of hydrogen-bond acceptors (Lipinski definition) is 8. The Labute approximate surface area is 227 Å². The van der Waals surface area contributed by atoms with Crippen molar-refractivity contribution in [1.29, 1.82) is 0 Å². The number of benzene rings is 1. The van der Waals surface area contributed by atoms with E-state index in [1.165, 1.54) is 29.1 Å². The largest absolute Gasteiger partial charge is 0.480 e. The van der Waals surface area contributed by atoms with Gasteiger partial charge in [-0.15, -0.1) is 11.8 Å². The zero-order valence-corrected chi connectivity index (χ0v) is 21.8. The quantitative estimate of drug-likeness (QED) is 0.342. The van der Waals surface area contributed by atoms with E-state index in [0.717, 1.165) is 9.91 Å². The van der Waals surface area contributed by atoms with Crippen molar-refractivity contribution in [1.82, 2.24) is 25.4 Å². The molecular weight excluding hydrogens is 528 g/mol. The van der Waals surface area contributed by atoms with Gasteiger partial charge in [0.1, 0.15) is 29.3 Å². The molecule has 0 aliphatic carbocycles. The molecule has 6 amide bonds. The molecule has 3 aliphatic heterocycles. The first-order chi connectivity index (χ1) is 18.6. The van der Waals surface area contributed by atoms with Gasteiger partial charge in [-0.1, -0.05) is 30.3 Å². The number of thioether (sulfide) groups is 1. The molecular formula is C25H26N6O7S. The summed E-state index contributed by atoms with van der Waals surface area (Å²) in [5.41, 5.74) is 0.439. The van der Waals surface area contributed by atoms with Crippen molar-refractivity contribution in [2.75, 3.05) is 13.1 Å². The Bertz CT molecular complexity index is 1330. The molecule has 204 valence electrons. The maximum absolute atomic E-state index is 13.4. The molecule has 14 heteroatoms. The second-order valence-electron chi connectivity index (χ2n) is 9.69. The summed E-state index contributed by atoms with van der Waals surface area (Å²) in [7, 11) is 0. The highest BCUT2D eigenvalue weighted by atomic mass is 32.2. The van der Waals surface area contributed by atoms with Crippen LogP contribution in [-0.2, 0) is 14.4 Å². The van der Waals surface area contributed by atoms with E-state index in [2.05, 4.69) is 15.7 Å². The molecule has 3 aliphatic rings. The Morgan fingerprint density at radius 3 is 2.56 bits per heavy atom. The number of hydrogen-bond donors (Lipinski definition) is 3. The summed E-state index contributed by atoms with van der Waals surface area (Å²) in [6, 6.07) is 7.08. The minimum absolute atomic E-state index is 0.0454. The van der Waals surface area contributed by atoms with Crippen molar-refractivity contribution in [2.24, 2.45) is 5.10 Å². The fraction of sp³-hybridized carbons (Fsp3) is 0.360. The number of carboxylic acids is 1. The third-order valence-corrected chi connectivity index (χ3v) is 8.31. The molecule has 0 bridgehead atoms. The van der Waals surface area contributed by atoms with Gasteiger partial charge in [-0.05, 0) is 31.5 Å². The van der Waals surface area contributed by atoms with Crippen LogP contribution in [0.3, 0.4) is 0 Å². The van der Waals surface area contributed by atoms with Crippen LogP contribution in [0.4, 0.5) is 9.59 Å². The number of carbonyl (C=O) groups excluding carboxylic acids is 4. The summed E-state index contributed by atoms with van der Waals surface area (Å²) in [4.78, 5) is 66.2. The fourth-order valence-corrected chi connectivity index (χ4v) is 6.47. The number of amides is 6. The molecule has 1 aromatic heterocycles. The van der Waals surface area contributed by atoms with Crippen LogP contribution in [-0.4, -0.2) is 91.3 Å². The molecule has 1 aromatic carbocycles. The van der Waals surface area contributed by atoms with Crippen LogP contribution in [0, 0.1) is 0 Å². The maximum atomic E-state index is 13.4. The minimum atomic E-state index is -1.22. The van der Waals surface area contributed by atoms with E-state index in [4.69, 9.17) is 4.42 Å². The average Bonchev–Trinajstić information content (AvgIpc) is 3.61. The number of rotatable bonds is 7. The molecule has 13 nitrogen and oxygen atoms in total. The number of urea groups is 2. The van der Waals surface area contributed by atoms with Gasteiger partial charge in [-0.2, -0.15) is 5.10 Å². The summed E-state index contributed by atoms with van der Waals surface area (Å²) >= 11 is 1.30. The lowest BCUT2D eigenvalue weighted by atomic mass is 9.95. The van der Waals surface area contributed by atoms with Gasteiger partial charge in [-0.3, -0.25) is 9.59 Å². The highest BCUT2D eigenvalue weighted by Crippen LogP contribution is 2.50. The van der Waals surface area contributed by atoms with Crippen molar-refractivity contribution in [3.8, 4) is 0 Å². The molecule has 3 N–H and O–H groups in total. The van der Waals surface area contributed by atoms with E-state index in [-0.39, 0.29) is 13.1 Å². The molecule has 3 saturated heterocycles. The average molecular weight is 555 g/mol. The number of nitrogens with zero attached hydrogens (tertiary/aromatic N) is 4. The normalized spacial score (nSPS) is 24.5. The summed E-state index contributed by atoms with van der Waals surface area (Å²) < 4.78 is 4.41. The monoisotopic (exact) mass is 554 g/mol. The molecule has 4 atom stereocenters. The number of β-lactam (4-membered cyclic amide) rings is 1. The Hall–Kier alpha value is -4.33. The molecule has 3 fully saturated rings. The molecule has 0 spiro atoms. The zero-order valence-electron chi connectivity index (χ0n) is 21.0. The number of hydrazone groups is 1. The van der Waals surface area contributed by atoms with Crippen molar-refractivity contribution < 1.29 is 33.5 Å². The molecule has 4 heterocycles. The first-order valence-electron chi connectivity index (χ1n) is 12.1. The highest BCUT2D eigenvalue weighted by molar-refractivity contribution is 8.01. The summed E-state index contributed by atoms with van der Waals surface area (Å²) in [5.74, 6) is -1.84. The van der Waals surface area contributed by atoms with Crippen molar-refractivity contribution >= 4 is 47.8 Å². The molecule has 5 rings (SSSR count). The second-order valence-corrected chi connectivity index (χ2v) is 11.5. The lowest BCUT2D eigenvalue weighted by Crippen LogP contribution is -2.71. The number of fused-ring (bicyclic) bond motifs is 1. The Kier molecular flexibility index (Phi) is 6.80. The fourth-order valence-electron chi connectivity index (χ4n) is 4.84. The topological polar surface area (TPSA) is 165 Å². The predicted molar refractivity (Wildman–Crippen MR) is 138 cm³/mol. The number of carboxylic acid groups (broad SMARTS) is 1. The first-order valence-corrected chi connectivity index (χ1v) is 13.0. The van der Waals surface area contributed by atoms with Crippen molar-refractivity contribution in [3.63, 3.8) is 0 Å². The lowest BCUT2D eigenvalue weighted by Gasteiger charge is -2.44. The molecule has 39 heavy (non-hydrogen) atoms. The van der Waals surface area contributed by atoms with Crippen LogP contribution in [0.5, 0.6) is 0 Å². The van der Waals surface area contributed by atoms with Gasteiger partial charge < -0.3 is 25.1 Å². The lowest BCUT2D eigenvalue weighted by molar-refractivity contribution is -0.161. The molecule has 0 radical (unpaired) electrons. The van der Waals surface area contributed by atoms with Crippen LogP contribution in [0.2, 0.25) is 0 Å². The number of imide groups is 1. The van der Waals surface area contributed by atoms with Gasteiger partial charge in [0.05, 0.1) is 25.6 Å². The van der Waals surface area contributed by atoms with E-state index in [9.17, 15) is 29.1 Å². The third-order valence-electron chi connectivity index (χ3n) is 6.74. The van der Waals surface area contributed by atoms with E-state index < -0.39 is 58.1 Å². The molecule has 1 unspecified atom stereocenters. The predicted octanol–water partition coefficient (Wildman–Crippen LogP) is 1.43. The molecule has 0 saturated carbocycles. The summed E-state index contributed by atoms with van der Waals surface area (Å²) in [6.07, 6.45) is 2.82. The number of furan rings is 1. The smallest absolute Gasteiger partial charge is 0.348 e. The van der Waals surface area contributed by atoms with Crippen LogP contribution in [0.15, 0.2) is 58.2 Å². The van der Waals surface area contributed by atoms with Gasteiger partial charge in [0, 0.05) is 4.75 Å². The SMILES string of the molecule is CC1(C)S[C@@H]2[C@H](NC(=O)C(NC(=O)N3CCN(N=Cc4ccco4)C3=O)c3ccccc3)C(=O)N2[C@H]1C(=O)O. The summed E-state index contributed by atoms with van der Waals surface area (Å²) in [6.45, 7) is 3.67. The van der Waals surface area contributed by atoms with E-state index in [1.54, 1.807) is 56.3 Å². The van der Waals surface area contributed by atoms with Gasteiger partial charge in [0.25, 0.3) is 0 Å². The van der Waals surface area contributed by atoms with Crippen LogP contribution in [0.25, 0.3) is 0 Å². The first kappa shape index (κ1) is 26.3. The van der Waals surface area contributed by atoms with E-state index in [1.807, 2.05) is 0 Å². The standard InChI is InChI=1S/C25H26N6O7S/c1-25(2)18(22(34)35)31-20(33)17(21(31)39-25)27-19(32)16(14-7-4-3-5-8-14)28-23(36)29-10-11-30(24(29)37)26-13-15-9-6-12-38-15/h3-9,12-13,16-18,21H,10-11H2,1-2H3,(H,27,32)(H,28,36)(H,34,35)/t16?,17-,18+,21-/m1/s1. The maximum Gasteiger partial charge on any atom is 0.348 e.